The lowest BCUT2D eigenvalue weighted by molar-refractivity contribution is 0.0599. The summed E-state index contributed by atoms with van der Waals surface area (Å²) < 4.78 is 7.66. The van der Waals surface area contributed by atoms with Crippen molar-refractivity contribution in [1.82, 2.24) is 20.3 Å². The highest BCUT2D eigenvalue weighted by atomic mass is 16.5. The van der Waals surface area contributed by atoms with Gasteiger partial charge in [-0.25, -0.2) is 4.68 Å². The van der Waals surface area contributed by atoms with Gasteiger partial charge in [0.2, 0.25) is 0 Å². The normalized spacial score (nSPS) is 12.8. The Kier molecular flexibility index (Phi) is 5.90. The smallest absolute Gasteiger partial charge is 0.0838 e. The van der Waals surface area contributed by atoms with Crippen molar-refractivity contribution in [3.63, 3.8) is 0 Å². The summed E-state index contributed by atoms with van der Waals surface area (Å²) in [5.41, 5.74) is 2.04. The number of nitrogens with one attached hydrogen (secondary N) is 1. The number of hydrogen-bond donors (Lipinski definition) is 1. The molecule has 0 saturated heterocycles. The van der Waals surface area contributed by atoms with Crippen LogP contribution in [0.15, 0.2) is 36.5 Å². The SMILES string of the molecule is CCCNC(COC(C)C)c1cnnn1-c1ccccc1. The number of rotatable bonds is 8. The zero-order chi connectivity index (χ0) is 15.1. The van der Waals surface area contributed by atoms with E-state index in [4.69, 9.17) is 4.74 Å². The van der Waals surface area contributed by atoms with Crippen LogP contribution in [0.3, 0.4) is 0 Å². The van der Waals surface area contributed by atoms with Crippen molar-refractivity contribution in [1.29, 1.82) is 0 Å². The van der Waals surface area contributed by atoms with Crippen LogP contribution in [0.25, 0.3) is 5.69 Å². The first-order valence-electron chi connectivity index (χ1n) is 7.53. The van der Waals surface area contributed by atoms with Crippen molar-refractivity contribution in [3.8, 4) is 5.69 Å². The highest BCUT2D eigenvalue weighted by Gasteiger charge is 2.18. The molecule has 0 radical (unpaired) electrons. The Hall–Kier alpha value is -1.72. The van der Waals surface area contributed by atoms with Gasteiger partial charge in [-0.3, -0.25) is 0 Å². The van der Waals surface area contributed by atoms with E-state index in [1.807, 2.05) is 55.1 Å². The Bertz CT molecular complexity index is 524. The molecule has 0 aliphatic carbocycles. The van der Waals surface area contributed by atoms with Gasteiger partial charge in [-0.15, -0.1) is 5.10 Å². The van der Waals surface area contributed by atoms with Gasteiger partial charge < -0.3 is 10.1 Å². The molecule has 1 N–H and O–H groups in total. The molecule has 5 nitrogen and oxygen atoms in total. The predicted octanol–water partition coefficient (Wildman–Crippen LogP) is 2.73. The van der Waals surface area contributed by atoms with Crippen LogP contribution in [0, 0.1) is 0 Å². The van der Waals surface area contributed by atoms with Gasteiger partial charge in [-0.1, -0.05) is 30.3 Å². The summed E-state index contributed by atoms with van der Waals surface area (Å²) >= 11 is 0. The summed E-state index contributed by atoms with van der Waals surface area (Å²) in [6.07, 6.45) is 3.09. The maximum Gasteiger partial charge on any atom is 0.0838 e. The highest BCUT2D eigenvalue weighted by Crippen LogP contribution is 2.17. The van der Waals surface area contributed by atoms with Crippen LogP contribution in [-0.4, -0.2) is 34.2 Å². The standard InChI is InChI=1S/C16H24N4O/c1-4-10-17-15(12-21-13(2)3)16-11-18-19-20(16)14-8-6-5-7-9-14/h5-9,11,13,15,17H,4,10,12H2,1-3H3. The third-order valence-electron chi connectivity index (χ3n) is 3.17. The average molecular weight is 288 g/mol. The number of para-hydroxylation sites is 1. The van der Waals surface area contributed by atoms with Crippen LogP contribution in [0.4, 0.5) is 0 Å². The lowest BCUT2D eigenvalue weighted by Gasteiger charge is -2.20. The number of nitrogens with zero attached hydrogens (tertiary/aromatic N) is 3. The fourth-order valence-corrected chi connectivity index (χ4v) is 2.11. The Balaban J connectivity index is 2.21. The van der Waals surface area contributed by atoms with E-state index in [1.54, 1.807) is 0 Å². The molecule has 1 aromatic carbocycles. The quantitative estimate of drug-likeness (QED) is 0.811. The topological polar surface area (TPSA) is 52.0 Å². The largest absolute Gasteiger partial charge is 0.377 e. The molecule has 1 unspecified atom stereocenters. The van der Waals surface area contributed by atoms with Crippen molar-refractivity contribution >= 4 is 0 Å². The van der Waals surface area contributed by atoms with Crippen LogP contribution in [-0.2, 0) is 4.74 Å². The van der Waals surface area contributed by atoms with Gasteiger partial charge in [0.1, 0.15) is 0 Å². The highest BCUT2D eigenvalue weighted by molar-refractivity contribution is 5.32. The second-order valence-electron chi connectivity index (χ2n) is 5.30. The summed E-state index contributed by atoms with van der Waals surface area (Å²) in [5.74, 6) is 0. The van der Waals surface area contributed by atoms with Gasteiger partial charge in [0.25, 0.3) is 0 Å². The minimum Gasteiger partial charge on any atom is -0.377 e. The molecule has 1 aromatic heterocycles. The summed E-state index contributed by atoms with van der Waals surface area (Å²) in [4.78, 5) is 0. The van der Waals surface area contributed by atoms with Gasteiger partial charge in [0, 0.05) is 0 Å². The van der Waals surface area contributed by atoms with E-state index in [-0.39, 0.29) is 12.1 Å². The lowest BCUT2D eigenvalue weighted by Crippen LogP contribution is -2.29. The fraction of sp³-hybridized carbons (Fsp3) is 0.500. The maximum atomic E-state index is 5.78. The van der Waals surface area contributed by atoms with E-state index in [0.717, 1.165) is 24.3 Å². The van der Waals surface area contributed by atoms with Crippen LogP contribution < -0.4 is 5.32 Å². The molecule has 2 rings (SSSR count). The minimum absolute atomic E-state index is 0.0857. The van der Waals surface area contributed by atoms with E-state index in [2.05, 4.69) is 22.6 Å². The molecule has 0 aliphatic heterocycles. The van der Waals surface area contributed by atoms with Crippen LogP contribution >= 0.6 is 0 Å². The minimum atomic E-state index is 0.0857. The molecule has 0 bridgehead atoms. The van der Waals surface area contributed by atoms with Gasteiger partial charge in [0.15, 0.2) is 0 Å². The molecule has 0 saturated carbocycles. The second kappa shape index (κ2) is 7.90. The molecule has 1 atom stereocenters. The summed E-state index contributed by atoms with van der Waals surface area (Å²) in [7, 11) is 0. The fourth-order valence-electron chi connectivity index (χ4n) is 2.11. The van der Waals surface area contributed by atoms with Crippen molar-refractivity contribution < 1.29 is 4.74 Å². The zero-order valence-corrected chi connectivity index (χ0v) is 13.0. The van der Waals surface area contributed by atoms with E-state index in [0.29, 0.717) is 6.61 Å². The molecule has 114 valence electrons. The monoisotopic (exact) mass is 288 g/mol. The molecular formula is C16H24N4O. The molecule has 5 heteroatoms. The first-order chi connectivity index (χ1) is 10.2. The third kappa shape index (κ3) is 4.37. The van der Waals surface area contributed by atoms with Gasteiger partial charge >= 0.3 is 0 Å². The number of aromatic nitrogens is 3. The van der Waals surface area contributed by atoms with Gasteiger partial charge in [-0.2, -0.15) is 0 Å². The molecule has 21 heavy (non-hydrogen) atoms. The van der Waals surface area contributed by atoms with Crippen molar-refractivity contribution in [2.75, 3.05) is 13.2 Å². The Morgan fingerprint density at radius 3 is 2.67 bits per heavy atom. The van der Waals surface area contributed by atoms with E-state index < -0.39 is 0 Å². The molecule has 2 aromatic rings. The molecular weight excluding hydrogens is 264 g/mol. The van der Waals surface area contributed by atoms with E-state index in [1.165, 1.54) is 0 Å². The van der Waals surface area contributed by atoms with Gasteiger partial charge in [-0.05, 0) is 38.9 Å². The third-order valence-corrected chi connectivity index (χ3v) is 3.17. The Labute approximate surface area is 126 Å². The maximum absolute atomic E-state index is 5.78. The van der Waals surface area contributed by atoms with Crippen molar-refractivity contribution in [2.45, 2.75) is 39.3 Å². The predicted molar refractivity (Wildman–Crippen MR) is 83.5 cm³/mol. The molecule has 0 fully saturated rings. The molecule has 0 amide bonds. The number of benzene rings is 1. The average Bonchev–Trinajstić information content (AvgIpc) is 2.97. The lowest BCUT2D eigenvalue weighted by atomic mass is 10.2. The first kappa shape index (κ1) is 15.7. The van der Waals surface area contributed by atoms with Crippen molar-refractivity contribution in [2.24, 2.45) is 0 Å². The Morgan fingerprint density at radius 2 is 2.00 bits per heavy atom. The first-order valence-corrected chi connectivity index (χ1v) is 7.53. The van der Waals surface area contributed by atoms with Gasteiger partial charge in [0.05, 0.1) is 36.3 Å². The second-order valence-corrected chi connectivity index (χ2v) is 5.30. The summed E-state index contributed by atoms with van der Waals surface area (Å²) in [6.45, 7) is 7.79. The molecule has 0 spiro atoms. The van der Waals surface area contributed by atoms with Crippen LogP contribution in [0.1, 0.15) is 38.9 Å². The van der Waals surface area contributed by atoms with E-state index in [9.17, 15) is 0 Å². The number of hydrogen-bond acceptors (Lipinski definition) is 4. The summed E-state index contributed by atoms with van der Waals surface area (Å²) in [6, 6.07) is 10.1. The van der Waals surface area contributed by atoms with Crippen molar-refractivity contribution in [3.05, 3.63) is 42.2 Å². The summed E-state index contributed by atoms with van der Waals surface area (Å²) in [5, 5.41) is 11.8. The Morgan fingerprint density at radius 1 is 1.24 bits per heavy atom. The van der Waals surface area contributed by atoms with Crippen LogP contribution in [0.5, 0.6) is 0 Å². The number of ether oxygens (including phenoxy) is 1. The zero-order valence-electron chi connectivity index (χ0n) is 13.0. The van der Waals surface area contributed by atoms with E-state index >= 15 is 0 Å². The van der Waals surface area contributed by atoms with Crippen LogP contribution in [0.2, 0.25) is 0 Å². The molecule has 0 aliphatic rings. The molecule has 1 heterocycles.